The number of halogens is 1. The fraction of sp³-hybridized carbons (Fsp3) is 0.391. The summed E-state index contributed by atoms with van der Waals surface area (Å²) in [6, 6.07) is 9.62. The topological polar surface area (TPSA) is 117 Å². The van der Waals surface area contributed by atoms with Crippen molar-refractivity contribution in [3.63, 3.8) is 0 Å². The lowest BCUT2D eigenvalue weighted by Crippen LogP contribution is -2.36. The van der Waals surface area contributed by atoms with E-state index in [1.807, 2.05) is 0 Å². The molecule has 10 heteroatoms. The number of nitro groups is 1. The van der Waals surface area contributed by atoms with Crippen molar-refractivity contribution in [3.05, 3.63) is 57.1 Å². The summed E-state index contributed by atoms with van der Waals surface area (Å²) in [4.78, 5) is 36.4. The summed E-state index contributed by atoms with van der Waals surface area (Å²) < 4.78 is 16.4. The largest absolute Gasteiger partial charge is 0.489 e. The van der Waals surface area contributed by atoms with E-state index in [0.717, 1.165) is 18.4 Å². The van der Waals surface area contributed by atoms with Gasteiger partial charge in [-0.1, -0.05) is 36.6 Å². The molecule has 0 spiro atoms. The van der Waals surface area contributed by atoms with Gasteiger partial charge in [-0.05, 0) is 30.5 Å². The van der Waals surface area contributed by atoms with Crippen molar-refractivity contribution in [2.24, 2.45) is 0 Å². The summed E-state index contributed by atoms with van der Waals surface area (Å²) in [5, 5.41) is 14.5. The third-order valence-electron chi connectivity index (χ3n) is 5.92. The van der Waals surface area contributed by atoms with Crippen LogP contribution in [-0.4, -0.2) is 36.6 Å². The molecule has 0 bridgehead atoms. The number of anilines is 1. The molecule has 1 aliphatic carbocycles. The van der Waals surface area contributed by atoms with Crippen molar-refractivity contribution in [1.82, 2.24) is 0 Å². The van der Waals surface area contributed by atoms with E-state index in [4.69, 9.17) is 25.8 Å². The molecule has 9 nitrogen and oxygen atoms in total. The van der Waals surface area contributed by atoms with E-state index in [0.29, 0.717) is 43.2 Å². The maximum Gasteiger partial charge on any atom is 0.317 e. The summed E-state index contributed by atoms with van der Waals surface area (Å²) in [6.07, 6.45) is 3.60. The van der Waals surface area contributed by atoms with Crippen molar-refractivity contribution >= 4 is 34.9 Å². The first kappa shape index (κ1) is 22.8. The first-order chi connectivity index (χ1) is 15.9. The molecule has 1 saturated carbocycles. The van der Waals surface area contributed by atoms with Crippen LogP contribution in [0.15, 0.2) is 36.4 Å². The number of nitro benzene ring substituents is 1. The van der Waals surface area contributed by atoms with E-state index >= 15 is 0 Å². The fourth-order valence-corrected chi connectivity index (χ4v) is 4.39. The number of nitrogens with one attached hydrogen (secondary N) is 1. The highest BCUT2D eigenvalue weighted by Crippen LogP contribution is 2.43. The maximum absolute atomic E-state index is 13.0. The molecule has 0 atom stereocenters. The molecule has 2 aliphatic rings. The molecule has 1 aliphatic heterocycles. The van der Waals surface area contributed by atoms with Gasteiger partial charge in [-0.15, -0.1) is 0 Å². The van der Waals surface area contributed by atoms with E-state index in [-0.39, 0.29) is 17.1 Å². The number of benzene rings is 2. The number of fused-ring (bicyclic) bond motifs is 1. The summed E-state index contributed by atoms with van der Waals surface area (Å²) in [6.45, 7) is 0.198. The summed E-state index contributed by atoms with van der Waals surface area (Å²) >= 11 is 5.98. The Morgan fingerprint density at radius 1 is 1.06 bits per heavy atom. The highest BCUT2D eigenvalue weighted by Gasteiger charge is 2.44. The minimum absolute atomic E-state index is 0.0569. The van der Waals surface area contributed by atoms with Crippen LogP contribution in [0.1, 0.15) is 37.7 Å². The molecule has 33 heavy (non-hydrogen) atoms. The zero-order valence-electron chi connectivity index (χ0n) is 17.8. The van der Waals surface area contributed by atoms with Gasteiger partial charge in [0.05, 0.1) is 29.6 Å². The van der Waals surface area contributed by atoms with Gasteiger partial charge < -0.3 is 19.5 Å². The number of carbonyl (C=O) groups is 2. The van der Waals surface area contributed by atoms with E-state index < -0.39 is 28.8 Å². The third kappa shape index (κ3) is 4.88. The number of amides is 1. The van der Waals surface area contributed by atoms with Gasteiger partial charge in [0.2, 0.25) is 0 Å². The van der Waals surface area contributed by atoms with Crippen LogP contribution in [0.25, 0.3) is 0 Å². The first-order valence-corrected chi connectivity index (χ1v) is 11.1. The van der Waals surface area contributed by atoms with E-state index in [1.54, 1.807) is 24.3 Å². The van der Waals surface area contributed by atoms with Crippen LogP contribution >= 0.6 is 11.6 Å². The van der Waals surface area contributed by atoms with Crippen molar-refractivity contribution in [2.75, 3.05) is 25.1 Å². The third-order valence-corrected chi connectivity index (χ3v) is 6.17. The zero-order chi connectivity index (χ0) is 23.4. The van der Waals surface area contributed by atoms with Crippen LogP contribution in [0.3, 0.4) is 0 Å². The Kier molecular flexibility index (Phi) is 6.69. The van der Waals surface area contributed by atoms with Crippen LogP contribution in [0.4, 0.5) is 11.4 Å². The molecule has 4 rings (SSSR count). The highest BCUT2D eigenvalue weighted by molar-refractivity contribution is 6.30. The molecule has 1 amide bonds. The van der Waals surface area contributed by atoms with Crippen LogP contribution in [0, 0.1) is 10.1 Å². The molecule has 2 aromatic carbocycles. The predicted octanol–water partition coefficient (Wildman–Crippen LogP) is 4.40. The highest BCUT2D eigenvalue weighted by atomic mass is 35.5. The van der Waals surface area contributed by atoms with Gasteiger partial charge in [0.15, 0.2) is 18.1 Å². The lowest BCUT2D eigenvalue weighted by atomic mass is 9.79. The Balaban J connectivity index is 1.47. The zero-order valence-corrected chi connectivity index (χ0v) is 18.6. The molecular formula is C23H23ClN2O7. The number of hydrogen-bond acceptors (Lipinski definition) is 7. The molecule has 0 saturated heterocycles. The molecule has 1 heterocycles. The molecule has 0 aromatic heterocycles. The molecule has 174 valence electrons. The average molecular weight is 475 g/mol. The number of nitrogens with zero attached hydrogens (tertiary/aromatic N) is 1. The Morgan fingerprint density at radius 2 is 1.70 bits per heavy atom. The SMILES string of the molecule is O=C(COC(=O)C1(c2ccc(Cl)cc2)CCCC1)Nc1cc2c(cc1[N+](=O)[O-])OCCCO2. The molecular weight excluding hydrogens is 452 g/mol. The van der Waals surface area contributed by atoms with E-state index in [1.165, 1.54) is 12.1 Å². The van der Waals surface area contributed by atoms with Crippen LogP contribution in [0.5, 0.6) is 11.5 Å². The Hall–Kier alpha value is -3.33. The van der Waals surface area contributed by atoms with Crippen molar-refractivity contribution in [2.45, 2.75) is 37.5 Å². The van der Waals surface area contributed by atoms with E-state index in [2.05, 4.69) is 5.32 Å². The van der Waals surface area contributed by atoms with Gasteiger partial charge in [0, 0.05) is 17.5 Å². The summed E-state index contributed by atoms with van der Waals surface area (Å²) in [7, 11) is 0. The second-order valence-corrected chi connectivity index (χ2v) is 8.48. The van der Waals surface area contributed by atoms with Gasteiger partial charge in [-0.3, -0.25) is 19.7 Å². The first-order valence-electron chi connectivity index (χ1n) is 10.7. The summed E-state index contributed by atoms with van der Waals surface area (Å²) in [5.74, 6) is -0.636. The monoisotopic (exact) mass is 474 g/mol. The normalized spacial score (nSPS) is 16.5. The quantitative estimate of drug-likeness (QED) is 0.374. The summed E-state index contributed by atoms with van der Waals surface area (Å²) in [5.41, 5.74) is -0.425. The predicted molar refractivity (Wildman–Crippen MR) is 120 cm³/mol. The van der Waals surface area contributed by atoms with Crippen molar-refractivity contribution in [1.29, 1.82) is 0 Å². The van der Waals surface area contributed by atoms with Gasteiger partial charge in [-0.2, -0.15) is 0 Å². The number of ether oxygens (including phenoxy) is 3. The van der Waals surface area contributed by atoms with Gasteiger partial charge >= 0.3 is 5.97 Å². The second kappa shape index (κ2) is 9.66. The maximum atomic E-state index is 13.0. The smallest absolute Gasteiger partial charge is 0.317 e. The number of rotatable bonds is 6. The minimum atomic E-state index is -0.827. The van der Waals surface area contributed by atoms with E-state index in [9.17, 15) is 19.7 Å². The average Bonchev–Trinajstić information content (AvgIpc) is 3.18. The molecule has 1 N–H and O–H groups in total. The molecule has 0 unspecified atom stereocenters. The fourth-order valence-electron chi connectivity index (χ4n) is 4.26. The second-order valence-electron chi connectivity index (χ2n) is 8.04. The van der Waals surface area contributed by atoms with Gasteiger partial charge in [0.1, 0.15) is 5.69 Å². The lowest BCUT2D eigenvalue weighted by molar-refractivity contribution is -0.384. The lowest BCUT2D eigenvalue weighted by Gasteiger charge is -2.27. The standard InChI is InChI=1S/C23H23ClN2O7/c24-16-6-4-15(5-7-16)23(8-1-2-9-23)22(28)33-14-21(27)25-17-12-19-20(13-18(17)26(29)30)32-11-3-10-31-19/h4-7,12-13H,1-3,8-11,14H2,(H,25,27). The van der Waals surface area contributed by atoms with Crippen molar-refractivity contribution in [3.8, 4) is 11.5 Å². The minimum Gasteiger partial charge on any atom is -0.489 e. The number of carbonyl (C=O) groups excluding carboxylic acids is 2. The van der Waals surface area contributed by atoms with Gasteiger partial charge in [-0.25, -0.2) is 0 Å². The molecule has 2 aromatic rings. The molecule has 1 fully saturated rings. The van der Waals surface area contributed by atoms with Crippen molar-refractivity contribution < 1.29 is 28.7 Å². The van der Waals surface area contributed by atoms with Crippen LogP contribution in [-0.2, 0) is 19.7 Å². The van der Waals surface area contributed by atoms with Crippen LogP contribution < -0.4 is 14.8 Å². The van der Waals surface area contributed by atoms with Crippen LogP contribution in [0.2, 0.25) is 5.02 Å². The number of hydrogen-bond donors (Lipinski definition) is 1. The number of esters is 1. The Morgan fingerprint density at radius 3 is 2.33 bits per heavy atom. The Bertz CT molecular complexity index is 1070. The van der Waals surface area contributed by atoms with Gasteiger partial charge in [0.25, 0.3) is 11.6 Å². The molecule has 0 radical (unpaired) electrons. The Labute approximate surface area is 195 Å².